The summed E-state index contributed by atoms with van der Waals surface area (Å²) in [5, 5.41) is 3.58. The minimum Gasteiger partial charge on any atom is -0.368 e. The number of H-pyrrole nitrogens is 1. The summed E-state index contributed by atoms with van der Waals surface area (Å²) in [6.45, 7) is 0. The topological polar surface area (TPSA) is 88.0 Å². The first-order valence-electron chi connectivity index (χ1n) is 6.98. The second-order valence-corrected chi connectivity index (χ2v) is 6.05. The van der Waals surface area contributed by atoms with Crippen LogP contribution in [0.4, 0.5) is 0 Å². The number of primary amides is 1. The molecule has 0 bridgehead atoms. The number of nitrogens with one attached hydrogen (secondary N) is 2. The Morgan fingerprint density at radius 2 is 1.83 bits per heavy atom. The standard InChI is InChI=1S/C17H14BrN3O2/c18-12-7-6-11-8-14(20-13(11)9-12)17(23)21-15(16(19)22)10-4-2-1-3-5-10/h1-9,15,20H,(H2,19,22)(H,21,23). The molecule has 1 unspecified atom stereocenters. The molecule has 2 aromatic carbocycles. The molecule has 4 N–H and O–H groups in total. The highest BCUT2D eigenvalue weighted by atomic mass is 79.9. The summed E-state index contributed by atoms with van der Waals surface area (Å²) >= 11 is 3.39. The summed E-state index contributed by atoms with van der Waals surface area (Å²) in [5.41, 5.74) is 7.27. The maximum Gasteiger partial charge on any atom is 0.268 e. The van der Waals surface area contributed by atoms with E-state index in [1.807, 2.05) is 24.3 Å². The number of hydrogen-bond acceptors (Lipinski definition) is 2. The van der Waals surface area contributed by atoms with Crippen molar-refractivity contribution in [2.24, 2.45) is 5.73 Å². The third kappa shape index (κ3) is 3.27. The maximum absolute atomic E-state index is 12.4. The molecule has 5 nitrogen and oxygen atoms in total. The molecule has 1 heterocycles. The Hall–Kier alpha value is -2.60. The number of benzene rings is 2. The van der Waals surface area contributed by atoms with E-state index in [0.29, 0.717) is 11.3 Å². The van der Waals surface area contributed by atoms with Gasteiger partial charge in [0.1, 0.15) is 11.7 Å². The largest absolute Gasteiger partial charge is 0.368 e. The van der Waals surface area contributed by atoms with Crippen molar-refractivity contribution in [3.8, 4) is 0 Å². The van der Waals surface area contributed by atoms with Crippen LogP contribution in [0.5, 0.6) is 0 Å². The number of carbonyl (C=O) groups excluding carboxylic acids is 2. The average molecular weight is 372 g/mol. The lowest BCUT2D eigenvalue weighted by atomic mass is 10.1. The number of halogens is 1. The first kappa shape index (κ1) is 15.3. The van der Waals surface area contributed by atoms with Crippen LogP contribution in [0.2, 0.25) is 0 Å². The minimum absolute atomic E-state index is 0.375. The van der Waals surface area contributed by atoms with Gasteiger partial charge in [0.25, 0.3) is 5.91 Å². The highest BCUT2D eigenvalue weighted by molar-refractivity contribution is 9.10. The Morgan fingerprint density at radius 3 is 2.52 bits per heavy atom. The summed E-state index contributed by atoms with van der Waals surface area (Å²) < 4.78 is 0.915. The highest BCUT2D eigenvalue weighted by Crippen LogP contribution is 2.21. The van der Waals surface area contributed by atoms with Crippen LogP contribution in [0.1, 0.15) is 22.1 Å². The number of nitrogens with two attached hydrogens (primary N) is 1. The van der Waals surface area contributed by atoms with Gasteiger partial charge in [-0.25, -0.2) is 0 Å². The molecule has 3 rings (SSSR count). The molecule has 0 aliphatic carbocycles. The molecule has 1 aromatic heterocycles. The van der Waals surface area contributed by atoms with Crippen molar-refractivity contribution in [3.63, 3.8) is 0 Å². The van der Waals surface area contributed by atoms with Crippen LogP contribution in [0, 0.1) is 0 Å². The Balaban J connectivity index is 1.87. The van der Waals surface area contributed by atoms with Crippen LogP contribution in [-0.4, -0.2) is 16.8 Å². The van der Waals surface area contributed by atoms with E-state index in [-0.39, 0.29) is 5.91 Å². The average Bonchev–Trinajstić information content (AvgIpc) is 2.96. The molecule has 3 aromatic rings. The number of aromatic nitrogens is 1. The fraction of sp³-hybridized carbons (Fsp3) is 0.0588. The molecule has 0 fully saturated rings. The van der Waals surface area contributed by atoms with Crippen LogP contribution >= 0.6 is 15.9 Å². The first-order chi connectivity index (χ1) is 11.0. The molecule has 2 amide bonds. The zero-order valence-electron chi connectivity index (χ0n) is 12.0. The van der Waals surface area contributed by atoms with Crippen molar-refractivity contribution in [1.29, 1.82) is 0 Å². The van der Waals surface area contributed by atoms with Crippen LogP contribution in [0.3, 0.4) is 0 Å². The van der Waals surface area contributed by atoms with E-state index in [9.17, 15) is 9.59 Å². The van der Waals surface area contributed by atoms with Gasteiger partial charge in [-0.05, 0) is 23.8 Å². The Labute approximate surface area is 141 Å². The third-order valence-corrected chi connectivity index (χ3v) is 4.02. The molecule has 6 heteroatoms. The van der Waals surface area contributed by atoms with Gasteiger partial charge in [0.15, 0.2) is 0 Å². The molecule has 116 valence electrons. The van der Waals surface area contributed by atoms with Crippen molar-refractivity contribution in [1.82, 2.24) is 10.3 Å². The predicted octanol–water partition coefficient (Wildman–Crippen LogP) is 2.89. The molecule has 0 spiro atoms. The van der Waals surface area contributed by atoms with Gasteiger partial charge >= 0.3 is 0 Å². The first-order valence-corrected chi connectivity index (χ1v) is 7.77. The Bertz CT molecular complexity index is 874. The van der Waals surface area contributed by atoms with E-state index in [0.717, 1.165) is 15.4 Å². The Morgan fingerprint density at radius 1 is 1.09 bits per heavy atom. The summed E-state index contributed by atoms with van der Waals surface area (Å²) in [6.07, 6.45) is 0. The SMILES string of the molecule is NC(=O)C(NC(=O)c1cc2ccc(Br)cc2[nH]1)c1ccccc1. The van der Waals surface area contributed by atoms with Gasteiger partial charge in [-0.3, -0.25) is 9.59 Å². The maximum atomic E-state index is 12.4. The number of aromatic amines is 1. The Kier molecular flexibility index (Phi) is 4.16. The fourth-order valence-electron chi connectivity index (χ4n) is 2.39. The number of fused-ring (bicyclic) bond motifs is 1. The summed E-state index contributed by atoms with van der Waals surface area (Å²) in [7, 11) is 0. The lowest BCUT2D eigenvalue weighted by Crippen LogP contribution is -2.37. The molecule has 0 aliphatic heterocycles. The quantitative estimate of drug-likeness (QED) is 0.658. The normalized spacial score (nSPS) is 12.0. The van der Waals surface area contributed by atoms with E-state index >= 15 is 0 Å². The van der Waals surface area contributed by atoms with Crippen molar-refractivity contribution < 1.29 is 9.59 Å². The lowest BCUT2D eigenvalue weighted by Gasteiger charge is -2.15. The molecule has 0 aliphatic rings. The van der Waals surface area contributed by atoms with E-state index < -0.39 is 11.9 Å². The van der Waals surface area contributed by atoms with Gasteiger partial charge in [-0.2, -0.15) is 0 Å². The molecule has 0 saturated carbocycles. The van der Waals surface area contributed by atoms with Gasteiger partial charge in [0.05, 0.1) is 0 Å². The van der Waals surface area contributed by atoms with Gasteiger partial charge in [-0.1, -0.05) is 52.3 Å². The van der Waals surface area contributed by atoms with E-state index in [4.69, 9.17) is 5.73 Å². The van der Waals surface area contributed by atoms with Gasteiger partial charge in [0.2, 0.25) is 5.91 Å². The molecule has 0 saturated heterocycles. The van der Waals surface area contributed by atoms with Crippen molar-refractivity contribution in [2.75, 3.05) is 0 Å². The summed E-state index contributed by atoms with van der Waals surface area (Å²) in [4.78, 5) is 27.1. The predicted molar refractivity (Wildman–Crippen MR) is 91.8 cm³/mol. The molecule has 0 radical (unpaired) electrons. The van der Waals surface area contributed by atoms with Crippen molar-refractivity contribution in [2.45, 2.75) is 6.04 Å². The fourth-order valence-corrected chi connectivity index (χ4v) is 2.76. The number of rotatable bonds is 4. The van der Waals surface area contributed by atoms with Gasteiger partial charge in [0, 0.05) is 15.4 Å². The second-order valence-electron chi connectivity index (χ2n) is 5.13. The third-order valence-electron chi connectivity index (χ3n) is 3.52. The van der Waals surface area contributed by atoms with E-state index in [2.05, 4.69) is 26.2 Å². The molecule has 23 heavy (non-hydrogen) atoms. The molecular weight excluding hydrogens is 358 g/mol. The monoisotopic (exact) mass is 371 g/mol. The van der Waals surface area contributed by atoms with E-state index in [1.54, 1.807) is 30.3 Å². The number of hydrogen-bond donors (Lipinski definition) is 3. The smallest absolute Gasteiger partial charge is 0.268 e. The summed E-state index contributed by atoms with van der Waals surface area (Å²) in [5.74, 6) is -0.992. The van der Waals surface area contributed by atoms with Crippen molar-refractivity contribution >= 4 is 38.6 Å². The zero-order chi connectivity index (χ0) is 16.4. The summed E-state index contributed by atoms with van der Waals surface area (Å²) in [6, 6.07) is 15.4. The highest BCUT2D eigenvalue weighted by Gasteiger charge is 2.21. The second kappa shape index (κ2) is 6.26. The minimum atomic E-state index is -0.873. The zero-order valence-corrected chi connectivity index (χ0v) is 13.6. The van der Waals surface area contributed by atoms with Crippen LogP contribution in [0.15, 0.2) is 59.1 Å². The van der Waals surface area contributed by atoms with Gasteiger partial charge < -0.3 is 16.0 Å². The number of amides is 2. The molecular formula is C17H14BrN3O2. The molecule has 1 atom stereocenters. The van der Waals surface area contributed by atoms with E-state index in [1.165, 1.54) is 0 Å². The van der Waals surface area contributed by atoms with Crippen LogP contribution < -0.4 is 11.1 Å². The lowest BCUT2D eigenvalue weighted by molar-refractivity contribution is -0.120. The number of carbonyl (C=O) groups is 2. The van der Waals surface area contributed by atoms with Crippen LogP contribution in [-0.2, 0) is 4.79 Å². The van der Waals surface area contributed by atoms with Crippen molar-refractivity contribution in [3.05, 3.63) is 70.3 Å². The van der Waals surface area contributed by atoms with Gasteiger partial charge in [-0.15, -0.1) is 0 Å². The van der Waals surface area contributed by atoms with Crippen LogP contribution in [0.25, 0.3) is 10.9 Å².